The summed E-state index contributed by atoms with van der Waals surface area (Å²) < 4.78 is 11.8. The molecule has 2 heterocycles. The molecule has 2 N–H and O–H groups in total. The van der Waals surface area contributed by atoms with Crippen molar-refractivity contribution in [1.29, 1.82) is 0 Å². The molecular formula is C29H33N5O3. The molecule has 0 saturated carbocycles. The van der Waals surface area contributed by atoms with Gasteiger partial charge in [0.1, 0.15) is 24.0 Å². The zero-order valence-corrected chi connectivity index (χ0v) is 21.4. The number of aromatic amines is 1. The topological polar surface area (TPSA) is 101 Å². The highest BCUT2D eigenvalue weighted by Gasteiger charge is 2.16. The quantitative estimate of drug-likeness (QED) is 0.301. The molecule has 3 aromatic rings. The van der Waals surface area contributed by atoms with Crippen molar-refractivity contribution < 1.29 is 14.3 Å². The van der Waals surface area contributed by atoms with E-state index in [4.69, 9.17) is 9.47 Å². The van der Waals surface area contributed by atoms with Gasteiger partial charge in [0.15, 0.2) is 0 Å². The zero-order valence-electron chi connectivity index (χ0n) is 21.4. The van der Waals surface area contributed by atoms with E-state index in [0.29, 0.717) is 24.7 Å². The third kappa shape index (κ3) is 7.24. The van der Waals surface area contributed by atoms with Crippen LogP contribution in [0.4, 0.5) is 0 Å². The number of ether oxygens (including phenoxy) is 2. The van der Waals surface area contributed by atoms with Crippen molar-refractivity contribution in [3.05, 3.63) is 94.8 Å². The Balaban J connectivity index is 1.44. The first-order valence-electron chi connectivity index (χ1n) is 12.5. The van der Waals surface area contributed by atoms with Crippen LogP contribution in [0.2, 0.25) is 0 Å². The van der Waals surface area contributed by atoms with Gasteiger partial charge in [-0.05, 0) is 80.3 Å². The Morgan fingerprint density at radius 3 is 2.84 bits per heavy atom. The molecule has 1 unspecified atom stereocenters. The van der Waals surface area contributed by atoms with E-state index >= 15 is 0 Å². The summed E-state index contributed by atoms with van der Waals surface area (Å²) in [5.41, 5.74) is 3.99. The molecule has 0 aliphatic carbocycles. The first kappa shape index (κ1) is 26.0. The minimum absolute atomic E-state index is 0.0408. The van der Waals surface area contributed by atoms with E-state index in [2.05, 4.69) is 32.2 Å². The van der Waals surface area contributed by atoms with Gasteiger partial charge in [-0.3, -0.25) is 9.89 Å². The molecule has 0 radical (unpaired) electrons. The van der Waals surface area contributed by atoms with Gasteiger partial charge in [-0.1, -0.05) is 42.5 Å². The molecule has 2 aromatic carbocycles. The van der Waals surface area contributed by atoms with E-state index in [1.807, 2.05) is 68.5 Å². The minimum Gasteiger partial charge on any atom is -0.491 e. The van der Waals surface area contributed by atoms with Crippen molar-refractivity contribution in [3.63, 3.8) is 0 Å². The Morgan fingerprint density at radius 2 is 2.11 bits per heavy atom. The second-order valence-corrected chi connectivity index (χ2v) is 8.93. The summed E-state index contributed by atoms with van der Waals surface area (Å²) in [6.45, 7) is 8.91. The summed E-state index contributed by atoms with van der Waals surface area (Å²) in [4.78, 5) is 21.1. The number of aryl methyl sites for hydroxylation is 1. The third-order valence-corrected chi connectivity index (χ3v) is 6.19. The Morgan fingerprint density at radius 1 is 1.27 bits per heavy atom. The highest BCUT2D eigenvalue weighted by atomic mass is 16.5. The van der Waals surface area contributed by atoms with E-state index in [0.717, 1.165) is 47.5 Å². The number of amides is 1. The lowest BCUT2D eigenvalue weighted by Gasteiger charge is -2.23. The molecule has 1 aliphatic rings. The summed E-state index contributed by atoms with van der Waals surface area (Å²) in [5.74, 6) is 1.25. The normalized spacial score (nSPS) is 16.3. The standard InChI is InChI=1S/C29H33N5O3/c1-4-22(25-18-23(14-13-20(25)2)37-19-24-12-8-9-15-36-24)17-26(30-3)32-29(35)28-31-27(33-34-28)16-21-10-6-5-7-11-21/h4-7,10-11,13-14,17-18,24H,3,8-9,12,15-16,19H2,1-2H3,(H,32,35)(H,31,33,34)/b22-4+,26-17+. The van der Waals surface area contributed by atoms with Crippen molar-refractivity contribution >= 4 is 18.2 Å². The Bertz CT molecular complexity index is 1270. The van der Waals surface area contributed by atoms with Crippen molar-refractivity contribution in [3.8, 4) is 5.75 Å². The molecule has 8 nitrogen and oxygen atoms in total. The molecule has 1 aromatic heterocycles. The third-order valence-electron chi connectivity index (χ3n) is 6.19. The Hall–Kier alpha value is -4.04. The predicted molar refractivity (Wildman–Crippen MR) is 145 cm³/mol. The molecule has 37 heavy (non-hydrogen) atoms. The van der Waals surface area contributed by atoms with Crippen LogP contribution in [0.1, 0.15) is 59.3 Å². The second kappa shape index (κ2) is 12.8. The molecule has 1 atom stereocenters. The van der Waals surface area contributed by atoms with Crippen LogP contribution in [-0.4, -0.2) is 47.1 Å². The predicted octanol–water partition coefficient (Wildman–Crippen LogP) is 5.03. The van der Waals surface area contributed by atoms with Crippen LogP contribution >= 0.6 is 0 Å². The van der Waals surface area contributed by atoms with Crippen LogP contribution in [0, 0.1) is 6.92 Å². The van der Waals surface area contributed by atoms with Gasteiger partial charge in [0.2, 0.25) is 5.82 Å². The lowest BCUT2D eigenvalue weighted by molar-refractivity contribution is -0.0110. The fourth-order valence-electron chi connectivity index (χ4n) is 4.15. The van der Waals surface area contributed by atoms with Crippen molar-refractivity contribution in [1.82, 2.24) is 20.5 Å². The summed E-state index contributed by atoms with van der Waals surface area (Å²) >= 11 is 0. The van der Waals surface area contributed by atoms with Crippen LogP contribution in [-0.2, 0) is 11.2 Å². The number of hydrogen-bond acceptors (Lipinski definition) is 6. The lowest BCUT2D eigenvalue weighted by atomic mass is 9.99. The van der Waals surface area contributed by atoms with Crippen molar-refractivity contribution in [2.24, 2.45) is 4.99 Å². The number of nitrogens with zero attached hydrogens (tertiary/aromatic N) is 3. The number of carbonyl (C=O) groups is 1. The Labute approximate surface area is 217 Å². The number of benzene rings is 2. The molecule has 1 fully saturated rings. The van der Waals surface area contributed by atoms with Gasteiger partial charge in [0.05, 0.1) is 6.10 Å². The fraction of sp³-hybridized carbons (Fsp3) is 0.310. The molecule has 1 aliphatic heterocycles. The smallest absolute Gasteiger partial charge is 0.296 e. The molecule has 1 saturated heterocycles. The molecule has 192 valence electrons. The first-order chi connectivity index (χ1) is 18.1. The number of aliphatic imine (C=N–C) groups is 1. The SMILES string of the molecule is C=N/C(=C\C(=C/C)c1cc(OCC2CCCCO2)ccc1C)NC(=O)c1n[nH]c(Cc2ccccc2)n1. The van der Waals surface area contributed by atoms with Gasteiger partial charge in [-0.2, -0.15) is 0 Å². The van der Waals surface area contributed by atoms with Crippen LogP contribution in [0.3, 0.4) is 0 Å². The number of carbonyl (C=O) groups excluding carboxylic acids is 1. The largest absolute Gasteiger partial charge is 0.491 e. The second-order valence-electron chi connectivity index (χ2n) is 8.93. The van der Waals surface area contributed by atoms with Gasteiger partial charge >= 0.3 is 0 Å². The maximum atomic E-state index is 12.8. The van der Waals surface area contributed by atoms with E-state index in [1.165, 1.54) is 6.42 Å². The van der Waals surface area contributed by atoms with Gasteiger partial charge < -0.3 is 14.8 Å². The number of H-pyrrole nitrogens is 1. The maximum absolute atomic E-state index is 12.8. The number of allylic oxidation sites excluding steroid dienone is 3. The van der Waals surface area contributed by atoms with E-state index in [-0.39, 0.29) is 11.9 Å². The first-order valence-corrected chi connectivity index (χ1v) is 12.5. The highest BCUT2D eigenvalue weighted by Crippen LogP contribution is 2.27. The van der Waals surface area contributed by atoms with Crippen molar-refractivity contribution in [2.75, 3.05) is 13.2 Å². The average molecular weight is 500 g/mol. The molecular weight excluding hydrogens is 466 g/mol. The van der Waals surface area contributed by atoms with Gasteiger partial charge in [-0.15, -0.1) is 5.10 Å². The monoisotopic (exact) mass is 499 g/mol. The van der Waals surface area contributed by atoms with E-state index < -0.39 is 5.91 Å². The number of aromatic nitrogens is 3. The minimum atomic E-state index is -0.467. The number of nitrogens with one attached hydrogen (secondary N) is 2. The van der Waals surface area contributed by atoms with Crippen LogP contribution in [0.5, 0.6) is 5.75 Å². The number of rotatable bonds is 10. The van der Waals surface area contributed by atoms with Gasteiger partial charge in [-0.25, -0.2) is 9.98 Å². The van der Waals surface area contributed by atoms with E-state index in [9.17, 15) is 4.79 Å². The van der Waals surface area contributed by atoms with Gasteiger partial charge in [0, 0.05) is 13.0 Å². The van der Waals surface area contributed by atoms with Gasteiger partial charge in [0.25, 0.3) is 5.91 Å². The highest BCUT2D eigenvalue weighted by molar-refractivity contribution is 5.92. The molecule has 0 spiro atoms. The summed E-state index contributed by atoms with van der Waals surface area (Å²) in [6.07, 6.45) is 7.73. The zero-order chi connectivity index (χ0) is 26.0. The fourth-order valence-corrected chi connectivity index (χ4v) is 4.15. The number of hydrogen-bond donors (Lipinski definition) is 2. The summed E-state index contributed by atoms with van der Waals surface area (Å²) in [7, 11) is 0. The molecule has 0 bridgehead atoms. The summed E-state index contributed by atoms with van der Waals surface area (Å²) in [5, 5.41) is 9.65. The maximum Gasteiger partial charge on any atom is 0.296 e. The molecule has 8 heteroatoms. The van der Waals surface area contributed by atoms with Crippen molar-refractivity contribution in [2.45, 2.75) is 45.6 Å². The Kier molecular flexibility index (Phi) is 8.99. The van der Waals surface area contributed by atoms with Crippen LogP contribution in [0.15, 0.2) is 71.5 Å². The molecule has 4 rings (SSSR count). The summed E-state index contributed by atoms with van der Waals surface area (Å²) in [6, 6.07) is 15.8. The average Bonchev–Trinajstić information content (AvgIpc) is 3.40. The van der Waals surface area contributed by atoms with E-state index in [1.54, 1.807) is 6.08 Å². The lowest BCUT2D eigenvalue weighted by Crippen LogP contribution is -2.25. The molecule has 1 amide bonds. The van der Waals surface area contributed by atoms with Crippen LogP contribution in [0.25, 0.3) is 5.57 Å². The van der Waals surface area contributed by atoms with Crippen LogP contribution < -0.4 is 10.1 Å².